The molecule has 2 aromatic carbocycles. The molecule has 0 N–H and O–H groups in total. The van der Waals surface area contributed by atoms with Gasteiger partial charge in [0.2, 0.25) is 0 Å². The molecule has 0 aliphatic heterocycles. The number of carbonyl (C=O) groups excluding carboxylic acids is 1. The van der Waals surface area contributed by atoms with Gasteiger partial charge in [0.1, 0.15) is 6.33 Å². The highest BCUT2D eigenvalue weighted by Gasteiger charge is 2.13. The molecule has 144 valence electrons. The minimum atomic E-state index is -0.160. The Labute approximate surface area is 167 Å². The van der Waals surface area contributed by atoms with Gasteiger partial charge >= 0.3 is 0 Å². The molecule has 0 spiro atoms. The summed E-state index contributed by atoms with van der Waals surface area (Å²) in [6, 6.07) is 10.5. The van der Waals surface area contributed by atoms with Crippen LogP contribution in [-0.2, 0) is 0 Å². The van der Waals surface area contributed by atoms with Crippen LogP contribution in [0.4, 0.5) is 0 Å². The van der Waals surface area contributed by atoms with Crippen molar-refractivity contribution in [2.75, 3.05) is 7.11 Å². The second-order valence-electron chi connectivity index (χ2n) is 6.20. The topological polar surface area (TPSA) is 79.1 Å². The van der Waals surface area contributed by atoms with Gasteiger partial charge in [-0.15, -0.1) is 5.10 Å². The first-order valence-electron chi connectivity index (χ1n) is 8.58. The molecule has 0 aliphatic carbocycles. The molecule has 0 unspecified atom stereocenters. The van der Waals surface area contributed by atoms with E-state index in [0.29, 0.717) is 27.8 Å². The minimum absolute atomic E-state index is 0.0400. The molecule has 0 saturated heterocycles. The lowest BCUT2D eigenvalue weighted by atomic mass is 10.1. The summed E-state index contributed by atoms with van der Waals surface area (Å²) in [5.74, 6) is 0.832. The van der Waals surface area contributed by atoms with Crippen LogP contribution >= 0.6 is 11.6 Å². The molecule has 0 radical (unpaired) electrons. The van der Waals surface area contributed by atoms with Gasteiger partial charge in [-0.3, -0.25) is 4.79 Å². The number of nitrogens with zero attached hydrogens (tertiary/aromatic N) is 4. The van der Waals surface area contributed by atoms with E-state index in [2.05, 4.69) is 15.5 Å². The highest BCUT2D eigenvalue weighted by molar-refractivity contribution is 6.32. The van der Waals surface area contributed by atoms with Crippen LogP contribution in [0.2, 0.25) is 5.02 Å². The van der Waals surface area contributed by atoms with Crippen molar-refractivity contribution in [2.24, 2.45) is 0 Å². The molecule has 0 fully saturated rings. The van der Waals surface area contributed by atoms with E-state index in [1.54, 1.807) is 43.5 Å². The number of ether oxygens (including phenoxy) is 2. The van der Waals surface area contributed by atoms with Crippen LogP contribution in [-0.4, -0.2) is 39.2 Å². The lowest BCUT2D eigenvalue weighted by Crippen LogP contribution is -2.07. The Bertz CT molecular complexity index is 1000. The molecule has 0 aliphatic rings. The molecule has 3 aromatic rings. The van der Waals surface area contributed by atoms with Crippen molar-refractivity contribution in [3.05, 3.63) is 65.0 Å². The SMILES string of the molecule is COc1cc(/C=C/C(=O)c2cccc(-n3cnnn3)c2)cc(Cl)c1OC(C)C. The molecular formula is C20H19ClN4O3. The summed E-state index contributed by atoms with van der Waals surface area (Å²) in [7, 11) is 1.54. The van der Waals surface area contributed by atoms with Crippen molar-refractivity contribution in [3.63, 3.8) is 0 Å². The average Bonchev–Trinajstić information content (AvgIpc) is 3.22. The molecule has 0 bridgehead atoms. The molecule has 0 amide bonds. The van der Waals surface area contributed by atoms with Crippen molar-refractivity contribution in [2.45, 2.75) is 20.0 Å². The Kier molecular flexibility index (Phi) is 6.06. The number of methoxy groups -OCH3 is 1. The summed E-state index contributed by atoms with van der Waals surface area (Å²) in [6.07, 6.45) is 4.59. The Balaban J connectivity index is 1.83. The molecule has 28 heavy (non-hydrogen) atoms. The third-order valence-corrected chi connectivity index (χ3v) is 4.06. The van der Waals surface area contributed by atoms with E-state index in [1.807, 2.05) is 19.9 Å². The Morgan fingerprint density at radius 3 is 2.75 bits per heavy atom. The van der Waals surface area contributed by atoms with Crippen LogP contribution in [0.15, 0.2) is 48.8 Å². The van der Waals surface area contributed by atoms with Gasteiger partial charge in [-0.05, 0) is 60.2 Å². The minimum Gasteiger partial charge on any atom is -0.493 e. The monoisotopic (exact) mass is 398 g/mol. The quantitative estimate of drug-likeness (QED) is 0.442. The molecular weight excluding hydrogens is 380 g/mol. The first kappa shape index (κ1) is 19.6. The second-order valence-corrected chi connectivity index (χ2v) is 6.61. The van der Waals surface area contributed by atoms with Gasteiger partial charge in [-0.25, -0.2) is 4.68 Å². The van der Waals surface area contributed by atoms with Crippen LogP contribution in [0.1, 0.15) is 29.8 Å². The zero-order valence-corrected chi connectivity index (χ0v) is 16.4. The number of hydrogen-bond donors (Lipinski definition) is 0. The predicted octanol–water partition coefficient (Wildman–Crippen LogP) is 4.01. The van der Waals surface area contributed by atoms with Gasteiger partial charge in [0.15, 0.2) is 17.3 Å². The van der Waals surface area contributed by atoms with Crippen LogP contribution < -0.4 is 9.47 Å². The fourth-order valence-electron chi connectivity index (χ4n) is 2.54. The number of halogens is 1. The Morgan fingerprint density at radius 2 is 2.07 bits per heavy atom. The highest BCUT2D eigenvalue weighted by Crippen LogP contribution is 2.37. The summed E-state index contributed by atoms with van der Waals surface area (Å²) >= 11 is 6.32. The maximum atomic E-state index is 12.6. The van der Waals surface area contributed by atoms with Crippen molar-refractivity contribution in [1.29, 1.82) is 0 Å². The number of aromatic nitrogens is 4. The summed E-state index contributed by atoms with van der Waals surface area (Å²) in [5.41, 5.74) is 1.94. The van der Waals surface area contributed by atoms with Gasteiger partial charge in [-0.2, -0.15) is 0 Å². The Hall–Kier alpha value is -3.19. The zero-order valence-electron chi connectivity index (χ0n) is 15.7. The average molecular weight is 399 g/mol. The largest absolute Gasteiger partial charge is 0.493 e. The normalized spacial score (nSPS) is 11.2. The lowest BCUT2D eigenvalue weighted by Gasteiger charge is -2.15. The first-order chi connectivity index (χ1) is 13.5. The van der Waals surface area contributed by atoms with E-state index in [0.717, 1.165) is 5.56 Å². The second kappa shape index (κ2) is 8.67. The van der Waals surface area contributed by atoms with Crippen molar-refractivity contribution >= 4 is 23.5 Å². The molecule has 3 rings (SSSR count). The van der Waals surface area contributed by atoms with Crippen LogP contribution in [0.5, 0.6) is 11.5 Å². The maximum absolute atomic E-state index is 12.6. The van der Waals surface area contributed by atoms with Gasteiger partial charge < -0.3 is 9.47 Å². The van der Waals surface area contributed by atoms with Crippen molar-refractivity contribution in [1.82, 2.24) is 20.2 Å². The van der Waals surface area contributed by atoms with Gasteiger partial charge in [0.25, 0.3) is 0 Å². The summed E-state index contributed by atoms with van der Waals surface area (Å²) < 4.78 is 12.6. The lowest BCUT2D eigenvalue weighted by molar-refractivity contribution is 0.104. The van der Waals surface area contributed by atoms with E-state index >= 15 is 0 Å². The third kappa shape index (κ3) is 4.55. The first-order valence-corrected chi connectivity index (χ1v) is 8.95. The van der Waals surface area contributed by atoms with E-state index in [1.165, 1.54) is 17.1 Å². The zero-order chi connectivity index (χ0) is 20.1. The molecule has 1 aromatic heterocycles. The molecule has 0 atom stereocenters. The highest BCUT2D eigenvalue weighted by atomic mass is 35.5. The smallest absolute Gasteiger partial charge is 0.185 e. The number of carbonyl (C=O) groups is 1. The third-order valence-electron chi connectivity index (χ3n) is 3.78. The van der Waals surface area contributed by atoms with Gasteiger partial charge in [0, 0.05) is 5.56 Å². The Morgan fingerprint density at radius 1 is 1.25 bits per heavy atom. The fourth-order valence-corrected chi connectivity index (χ4v) is 2.80. The van der Waals surface area contributed by atoms with E-state index in [-0.39, 0.29) is 11.9 Å². The molecule has 8 heteroatoms. The van der Waals surface area contributed by atoms with Crippen molar-refractivity contribution < 1.29 is 14.3 Å². The molecule has 7 nitrogen and oxygen atoms in total. The summed E-state index contributed by atoms with van der Waals surface area (Å²) in [6.45, 7) is 3.82. The number of benzene rings is 2. The summed E-state index contributed by atoms with van der Waals surface area (Å²) in [5, 5.41) is 11.4. The predicted molar refractivity (Wildman–Crippen MR) is 106 cm³/mol. The number of rotatable bonds is 7. The number of ketones is 1. The standard InChI is InChI=1S/C20H19ClN4O3/c1-13(2)28-20-17(21)9-14(10-19(20)27-3)7-8-18(26)15-5-4-6-16(11-15)25-12-22-23-24-25/h4-13H,1-3H3/b8-7+. The van der Waals surface area contributed by atoms with Crippen LogP contribution in [0, 0.1) is 0 Å². The van der Waals surface area contributed by atoms with Gasteiger partial charge in [-0.1, -0.05) is 29.8 Å². The molecule has 1 heterocycles. The maximum Gasteiger partial charge on any atom is 0.185 e. The fraction of sp³-hybridized carbons (Fsp3) is 0.200. The van der Waals surface area contributed by atoms with Crippen molar-refractivity contribution in [3.8, 4) is 17.2 Å². The van der Waals surface area contributed by atoms with E-state index in [9.17, 15) is 4.79 Å². The van der Waals surface area contributed by atoms with E-state index < -0.39 is 0 Å². The van der Waals surface area contributed by atoms with Gasteiger partial charge in [0.05, 0.1) is 23.9 Å². The van der Waals surface area contributed by atoms with Crippen LogP contribution in [0.25, 0.3) is 11.8 Å². The number of tetrazole rings is 1. The van der Waals surface area contributed by atoms with Crippen LogP contribution in [0.3, 0.4) is 0 Å². The molecule has 0 saturated carbocycles. The number of hydrogen-bond acceptors (Lipinski definition) is 6. The summed E-state index contributed by atoms with van der Waals surface area (Å²) in [4.78, 5) is 12.6. The number of allylic oxidation sites excluding steroid dienone is 1. The van der Waals surface area contributed by atoms with E-state index in [4.69, 9.17) is 21.1 Å².